The number of ether oxygens (including phenoxy) is 1. The number of rotatable bonds is 9. The molecule has 1 aliphatic heterocycles. The van der Waals surface area contributed by atoms with E-state index in [1.54, 1.807) is 43.3 Å². The van der Waals surface area contributed by atoms with E-state index in [4.69, 9.17) is 16.3 Å². The third-order valence-corrected chi connectivity index (χ3v) is 6.03. The van der Waals surface area contributed by atoms with Gasteiger partial charge in [0.1, 0.15) is 11.5 Å². The molecular weight excluding hydrogens is 484 g/mol. The van der Waals surface area contributed by atoms with Gasteiger partial charge in [-0.1, -0.05) is 11.6 Å². The number of nitro benzene ring substituents is 1. The largest absolute Gasteiger partial charge is 0.450 e. The summed E-state index contributed by atoms with van der Waals surface area (Å²) in [4.78, 5) is 37.2. The molecule has 3 aromatic carbocycles. The van der Waals surface area contributed by atoms with E-state index in [1.807, 2.05) is 12.1 Å². The van der Waals surface area contributed by atoms with Gasteiger partial charge in [0.05, 0.1) is 11.5 Å². The van der Waals surface area contributed by atoms with E-state index in [-0.39, 0.29) is 28.8 Å². The summed E-state index contributed by atoms with van der Waals surface area (Å²) in [7, 11) is 0. The maximum absolute atomic E-state index is 12.8. The van der Waals surface area contributed by atoms with Gasteiger partial charge in [-0.25, -0.2) is 0 Å². The number of hydrogen-bond acceptors (Lipinski definition) is 7. The van der Waals surface area contributed by atoms with Gasteiger partial charge in [-0.2, -0.15) is 0 Å². The van der Waals surface area contributed by atoms with Crippen LogP contribution in [0.5, 0.6) is 11.5 Å². The van der Waals surface area contributed by atoms with Crippen molar-refractivity contribution >= 4 is 40.4 Å². The van der Waals surface area contributed by atoms with Crippen molar-refractivity contribution in [1.29, 1.82) is 0 Å². The lowest BCUT2D eigenvalue weighted by atomic mass is 10.1. The average molecular weight is 509 g/mol. The predicted octanol–water partition coefficient (Wildman–Crippen LogP) is 5.05. The van der Waals surface area contributed by atoms with Crippen molar-refractivity contribution in [1.82, 2.24) is 5.32 Å². The molecule has 0 bridgehead atoms. The highest BCUT2D eigenvalue weighted by Crippen LogP contribution is 2.33. The first-order valence-electron chi connectivity index (χ1n) is 11.4. The van der Waals surface area contributed by atoms with Crippen LogP contribution >= 0.6 is 11.6 Å². The molecule has 0 radical (unpaired) electrons. The van der Waals surface area contributed by atoms with E-state index in [0.717, 1.165) is 25.2 Å². The zero-order valence-corrected chi connectivity index (χ0v) is 20.3. The van der Waals surface area contributed by atoms with Crippen molar-refractivity contribution in [2.24, 2.45) is 0 Å². The molecule has 1 saturated heterocycles. The quantitative estimate of drug-likeness (QED) is 0.307. The second-order valence-electron chi connectivity index (χ2n) is 8.51. The minimum Gasteiger partial charge on any atom is -0.450 e. The normalized spacial score (nSPS) is 14.9. The number of carbonyl (C=O) groups is 2. The lowest BCUT2D eigenvalue weighted by Crippen LogP contribution is -2.35. The van der Waals surface area contributed by atoms with E-state index in [9.17, 15) is 19.7 Å². The Morgan fingerprint density at radius 3 is 2.50 bits per heavy atom. The Hall–Kier alpha value is -3.95. The molecule has 9 nitrogen and oxygen atoms in total. The molecule has 0 aliphatic carbocycles. The molecule has 10 heteroatoms. The standard InChI is InChI=1S/C26H25ClN4O5/c1-17(32)15-28-21-12-13-30(16-21)22-7-5-20(6-8-22)29-26(33)18-2-11-25(24(14-18)31(34)35)36-23-9-3-19(27)4-10-23/h2-11,14,21,28H,12-13,15-16H2,1H3,(H,29,33). The van der Waals surface area contributed by atoms with Crippen LogP contribution in [-0.2, 0) is 4.79 Å². The van der Waals surface area contributed by atoms with Crippen molar-refractivity contribution in [2.45, 2.75) is 19.4 Å². The average Bonchev–Trinajstić information content (AvgIpc) is 3.34. The van der Waals surface area contributed by atoms with Crippen LogP contribution in [0.1, 0.15) is 23.7 Å². The number of halogens is 1. The molecule has 0 spiro atoms. The number of amides is 1. The fourth-order valence-corrected chi connectivity index (χ4v) is 4.05. The van der Waals surface area contributed by atoms with Crippen LogP contribution in [0.25, 0.3) is 0 Å². The van der Waals surface area contributed by atoms with Crippen LogP contribution in [0.4, 0.5) is 17.1 Å². The molecule has 2 N–H and O–H groups in total. The van der Waals surface area contributed by atoms with Crippen LogP contribution < -0.4 is 20.3 Å². The number of nitro groups is 1. The molecular formula is C26H25ClN4O5. The molecule has 1 amide bonds. The van der Waals surface area contributed by atoms with Crippen molar-refractivity contribution in [3.05, 3.63) is 87.4 Å². The monoisotopic (exact) mass is 508 g/mol. The number of nitrogens with zero attached hydrogens (tertiary/aromatic N) is 2. The zero-order valence-electron chi connectivity index (χ0n) is 19.6. The minimum absolute atomic E-state index is 0.0185. The summed E-state index contributed by atoms with van der Waals surface area (Å²) in [6, 6.07) is 18.1. The summed E-state index contributed by atoms with van der Waals surface area (Å²) < 4.78 is 5.62. The number of Topliss-reactive ketones (excluding diaryl/α,β-unsaturated/α-hetero) is 1. The first kappa shape index (κ1) is 25.2. The first-order chi connectivity index (χ1) is 17.3. The van der Waals surface area contributed by atoms with Gasteiger partial charge in [-0.15, -0.1) is 0 Å². The van der Waals surface area contributed by atoms with Crippen molar-refractivity contribution < 1.29 is 19.2 Å². The fraction of sp³-hybridized carbons (Fsp3) is 0.231. The predicted molar refractivity (Wildman–Crippen MR) is 138 cm³/mol. The van der Waals surface area contributed by atoms with E-state index >= 15 is 0 Å². The fourth-order valence-electron chi connectivity index (χ4n) is 3.93. The molecule has 186 valence electrons. The Balaban J connectivity index is 1.40. The van der Waals surface area contributed by atoms with Crippen LogP contribution in [0.15, 0.2) is 66.7 Å². The number of carbonyl (C=O) groups excluding carboxylic acids is 2. The Kier molecular flexibility index (Phi) is 7.82. The highest BCUT2D eigenvalue weighted by Gasteiger charge is 2.23. The summed E-state index contributed by atoms with van der Waals surface area (Å²) >= 11 is 5.86. The molecule has 1 aliphatic rings. The molecule has 0 saturated carbocycles. The van der Waals surface area contributed by atoms with Crippen molar-refractivity contribution in [3.63, 3.8) is 0 Å². The summed E-state index contributed by atoms with van der Waals surface area (Å²) in [6.45, 7) is 3.60. The second-order valence-corrected chi connectivity index (χ2v) is 8.95. The van der Waals surface area contributed by atoms with Gasteiger partial charge in [0, 0.05) is 47.2 Å². The van der Waals surface area contributed by atoms with Crippen molar-refractivity contribution in [2.75, 3.05) is 29.9 Å². The van der Waals surface area contributed by atoms with Gasteiger partial charge in [-0.3, -0.25) is 19.7 Å². The third-order valence-electron chi connectivity index (χ3n) is 5.78. The van der Waals surface area contributed by atoms with Gasteiger partial charge in [0.15, 0.2) is 0 Å². The van der Waals surface area contributed by atoms with Gasteiger partial charge in [0.25, 0.3) is 5.91 Å². The smallest absolute Gasteiger partial charge is 0.312 e. The lowest BCUT2D eigenvalue weighted by molar-refractivity contribution is -0.385. The van der Waals surface area contributed by atoms with Gasteiger partial charge in [-0.05, 0) is 74.0 Å². The summed E-state index contributed by atoms with van der Waals surface area (Å²) in [6.07, 6.45) is 0.947. The van der Waals surface area contributed by atoms with E-state index in [2.05, 4.69) is 15.5 Å². The van der Waals surface area contributed by atoms with E-state index in [0.29, 0.717) is 23.0 Å². The molecule has 1 unspecified atom stereocenters. The van der Waals surface area contributed by atoms with E-state index < -0.39 is 10.8 Å². The molecule has 1 atom stereocenters. The number of ketones is 1. The molecule has 4 rings (SSSR count). The van der Waals surface area contributed by atoms with Gasteiger partial charge < -0.3 is 20.3 Å². The van der Waals surface area contributed by atoms with Gasteiger partial charge in [0.2, 0.25) is 5.75 Å². The molecule has 1 heterocycles. The number of nitrogens with one attached hydrogen (secondary N) is 2. The maximum atomic E-state index is 12.8. The summed E-state index contributed by atoms with van der Waals surface area (Å²) in [5.41, 5.74) is 1.39. The minimum atomic E-state index is -0.592. The highest BCUT2D eigenvalue weighted by atomic mass is 35.5. The number of hydrogen-bond donors (Lipinski definition) is 2. The summed E-state index contributed by atoms with van der Waals surface area (Å²) in [5.74, 6) is 0.0462. The van der Waals surface area contributed by atoms with Crippen LogP contribution in [0, 0.1) is 10.1 Å². The van der Waals surface area contributed by atoms with Gasteiger partial charge >= 0.3 is 5.69 Å². The van der Waals surface area contributed by atoms with Crippen LogP contribution in [0.3, 0.4) is 0 Å². The SMILES string of the molecule is CC(=O)CNC1CCN(c2ccc(NC(=O)c3ccc(Oc4ccc(Cl)cc4)c([N+](=O)[O-])c3)cc2)C1. The first-order valence-corrected chi connectivity index (χ1v) is 11.8. The third kappa shape index (κ3) is 6.38. The Morgan fingerprint density at radius 1 is 1.11 bits per heavy atom. The molecule has 36 heavy (non-hydrogen) atoms. The van der Waals surface area contributed by atoms with Crippen molar-refractivity contribution in [3.8, 4) is 11.5 Å². The van der Waals surface area contributed by atoms with E-state index in [1.165, 1.54) is 18.2 Å². The molecule has 3 aromatic rings. The number of anilines is 2. The van der Waals surface area contributed by atoms with Crippen LogP contribution in [-0.4, -0.2) is 42.3 Å². The zero-order chi connectivity index (χ0) is 25.7. The lowest BCUT2D eigenvalue weighted by Gasteiger charge is -2.19. The Bertz CT molecular complexity index is 1260. The molecule has 1 fully saturated rings. The number of benzene rings is 3. The topological polar surface area (TPSA) is 114 Å². The highest BCUT2D eigenvalue weighted by molar-refractivity contribution is 6.30. The van der Waals surface area contributed by atoms with Crippen LogP contribution in [0.2, 0.25) is 5.02 Å². The second kappa shape index (κ2) is 11.2. The Labute approximate surface area is 213 Å². The summed E-state index contributed by atoms with van der Waals surface area (Å²) in [5, 5.41) is 18.2. The molecule has 0 aromatic heterocycles. The maximum Gasteiger partial charge on any atom is 0.312 e. The Morgan fingerprint density at radius 2 is 1.83 bits per heavy atom.